The van der Waals surface area contributed by atoms with Gasteiger partial charge in [0.25, 0.3) is 0 Å². The summed E-state index contributed by atoms with van der Waals surface area (Å²) < 4.78 is 6.04. The maximum atomic E-state index is 12.5. The van der Waals surface area contributed by atoms with Crippen LogP contribution in [0.2, 0.25) is 0 Å². The van der Waals surface area contributed by atoms with Gasteiger partial charge in [0.05, 0.1) is 0 Å². The molecule has 0 spiro atoms. The van der Waals surface area contributed by atoms with Gasteiger partial charge in [0.15, 0.2) is 0 Å². The van der Waals surface area contributed by atoms with Crippen molar-refractivity contribution in [2.75, 3.05) is 20.2 Å². The molecule has 1 aromatic heterocycles. The molecule has 0 unspecified atom stereocenters. The minimum absolute atomic E-state index is 0.0349. The van der Waals surface area contributed by atoms with Crippen LogP contribution in [0.1, 0.15) is 22.9 Å². The summed E-state index contributed by atoms with van der Waals surface area (Å²) in [5.74, 6) is -0.0391. The van der Waals surface area contributed by atoms with E-state index in [1.807, 2.05) is 78.9 Å². The average Bonchev–Trinajstić information content (AvgIpc) is 2.74. The van der Waals surface area contributed by atoms with Gasteiger partial charge in [-0.1, -0.05) is 66.7 Å². The summed E-state index contributed by atoms with van der Waals surface area (Å²) in [4.78, 5) is 18.5. The van der Waals surface area contributed by atoms with Crippen LogP contribution in [-0.4, -0.2) is 36.0 Å². The highest BCUT2D eigenvalue weighted by molar-refractivity contribution is 5.77. The van der Waals surface area contributed by atoms with E-state index in [9.17, 15) is 4.79 Å². The maximum Gasteiger partial charge on any atom is 0.248 e. The smallest absolute Gasteiger partial charge is 0.248 e. The van der Waals surface area contributed by atoms with E-state index >= 15 is 0 Å². The third-order valence-electron chi connectivity index (χ3n) is 4.43. The number of nitrogens with zero attached hydrogens (tertiary/aromatic N) is 2. The number of aromatic nitrogens is 1. The van der Waals surface area contributed by atoms with E-state index in [1.54, 1.807) is 18.1 Å². The fraction of sp³-hybridized carbons (Fsp3) is 0.217. The molecule has 0 aliphatic heterocycles. The normalized spacial score (nSPS) is 10.7. The van der Waals surface area contributed by atoms with Gasteiger partial charge in [-0.15, -0.1) is 0 Å². The van der Waals surface area contributed by atoms with Gasteiger partial charge in [0, 0.05) is 31.9 Å². The summed E-state index contributed by atoms with van der Waals surface area (Å²) in [7, 11) is 1.80. The van der Waals surface area contributed by atoms with Crippen molar-refractivity contribution in [3.63, 3.8) is 0 Å². The first kappa shape index (κ1) is 18.8. The molecule has 0 saturated heterocycles. The number of hydrogen-bond donors (Lipinski definition) is 0. The van der Waals surface area contributed by atoms with Crippen molar-refractivity contribution >= 4 is 5.91 Å². The lowest BCUT2D eigenvalue weighted by Gasteiger charge is -2.22. The van der Waals surface area contributed by atoms with Crippen LogP contribution in [0.5, 0.6) is 0 Å². The summed E-state index contributed by atoms with van der Waals surface area (Å²) in [5, 5.41) is 0. The lowest BCUT2D eigenvalue weighted by atomic mass is 10.0. The Morgan fingerprint density at radius 3 is 2.07 bits per heavy atom. The second-order valence-electron chi connectivity index (χ2n) is 6.40. The molecule has 3 rings (SSSR count). The zero-order valence-corrected chi connectivity index (χ0v) is 15.5. The zero-order valence-electron chi connectivity index (χ0n) is 15.5. The fourth-order valence-electron chi connectivity index (χ4n) is 2.86. The van der Waals surface area contributed by atoms with E-state index in [4.69, 9.17) is 4.74 Å². The Morgan fingerprint density at radius 1 is 0.926 bits per heavy atom. The van der Waals surface area contributed by atoms with Crippen molar-refractivity contribution in [2.45, 2.75) is 12.5 Å². The Bertz CT molecular complexity index is 783. The molecule has 1 heterocycles. The summed E-state index contributed by atoms with van der Waals surface area (Å²) in [6, 6.07) is 25.8. The molecule has 4 heteroatoms. The maximum absolute atomic E-state index is 12.5. The van der Waals surface area contributed by atoms with Crippen LogP contribution in [0.15, 0.2) is 85.1 Å². The highest BCUT2D eigenvalue weighted by atomic mass is 16.5. The van der Waals surface area contributed by atoms with Crippen molar-refractivity contribution in [2.24, 2.45) is 0 Å². The van der Waals surface area contributed by atoms with Crippen LogP contribution in [0.25, 0.3) is 0 Å². The molecule has 4 nitrogen and oxygen atoms in total. The third kappa shape index (κ3) is 5.50. The van der Waals surface area contributed by atoms with Gasteiger partial charge in [0.2, 0.25) is 5.91 Å². The van der Waals surface area contributed by atoms with Gasteiger partial charge in [0.1, 0.15) is 12.7 Å². The SMILES string of the molecule is CN(CCc1ccccn1)C(=O)COC(c1ccccc1)c1ccccc1. The Kier molecular flexibility index (Phi) is 6.72. The standard InChI is InChI=1S/C23H24N2O2/c1-25(17-15-21-14-8-9-16-24-21)22(26)18-27-23(19-10-4-2-5-11-19)20-12-6-3-7-13-20/h2-14,16,23H,15,17-18H2,1H3. The van der Waals surface area contributed by atoms with Crippen LogP contribution < -0.4 is 0 Å². The van der Waals surface area contributed by atoms with Gasteiger partial charge >= 0.3 is 0 Å². The van der Waals surface area contributed by atoms with Gasteiger partial charge in [-0.2, -0.15) is 0 Å². The quantitative estimate of drug-likeness (QED) is 0.612. The Balaban J connectivity index is 1.60. The van der Waals surface area contributed by atoms with Crippen LogP contribution in [0.3, 0.4) is 0 Å². The number of benzene rings is 2. The predicted octanol–water partition coefficient (Wildman–Crippen LogP) is 3.89. The van der Waals surface area contributed by atoms with Crippen molar-refractivity contribution in [3.05, 3.63) is 102 Å². The van der Waals surface area contributed by atoms with Gasteiger partial charge in [-0.3, -0.25) is 9.78 Å². The Morgan fingerprint density at radius 2 is 1.52 bits per heavy atom. The molecule has 1 amide bonds. The summed E-state index contributed by atoms with van der Waals surface area (Å²) in [6.07, 6.45) is 2.23. The first-order valence-corrected chi connectivity index (χ1v) is 9.09. The number of amides is 1. The first-order valence-electron chi connectivity index (χ1n) is 9.09. The van der Waals surface area contributed by atoms with Crippen molar-refractivity contribution in [1.29, 1.82) is 0 Å². The summed E-state index contributed by atoms with van der Waals surface area (Å²) in [5.41, 5.74) is 3.05. The Hall–Kier alpha value is -2.98. The molecule has 3 aromatic rings. The molecule has 0 atom stereocenters. The van der Waals surface area contributed by atoms with E-state index in [-0.39, 0.29) is 18.6 Å². The monoisotopic (exact) mass is 360 g/mol. The molecular weight excluding hydrogens is 336 g/mol. The fourth-order valence-corrected chi connectivity index (χ4v) is 2.86. The van der Waals surface area contributed by atoms with Crippen molar-refractivity contribution < 1.29 is 9.53 Å². The zero-order chi connectivity index (χ0) is 18.9. The van der Waals surface area contributed by atoms with E-state index in [2.05, 4.69) is 4.98 Å². The van der Waals surface area contributed by atoms with E-state index in [1.165, 1.54) is 0 Å². The molecule has 0 radical (unpaired) electrons. The number of carbonyl (C=O) groups is 1. The molecule has 138 valence electrons. The van der Waals surface area contributed by atoms with Crippen LogP contribution in [0.4, 0.5) is 0 Å². The molecule has 27 heavy (non-hydrogen) atoms. The van der Waals surface area contributed by atoms with E-state index in [0.29, 0.717) is 6.54 Å². The van der Waals surface area contributed by atoms with Crippen LogP contribution >= 0.6 is 0 Å². The molecule has 0 bridgehead atoms. The second-order valence-corrected chi connectivity index (χ2v) is 6.40. The van der Waals surface area contributed by atoms with Crippen molar-refractivity contribution in [1.82, 2.24) is 9.88 Å². The average molecular weight is 360 g/mol. The number of hydrogen-bond acceptors (Lipinski definition) is 3. The van der Waals surface area contributed by atoms with E-state index in [0.717, 1.165) is 23.2 Å². The molecule has 0 aliphatic rings. The van der Waals surface area contributed by atoms with E-state index < -0.39 is 0 Å². The molecule has 0 saturated carbocycles. The largest absolute Gasteiger partial charge is 0.359 e. The first-order chi connectivity index (χ1) is 13.2. The number of pyridine rings is 1. The molecule has 2 aromatic carbocycles. The minimum atomic E-state index is -0.263. The predicted molar refractivity (Wildman–Crippen MR) is 106 cm³/mol. The van der Waals surface area contributed by atoms with Gasteiger partial charge < -0.3 is 9.64 Å². The molecule has 0 aliphatic carbocycles. The summed E-state index contributed by atoms with van der Waals surface area (Å²) >= 11 is 0. The molecule has 0 N–H and O–H groups in total. The third-order valence-corrected chi connectivity index (χ3v) is 4.43. The highest BCUT2D eigenvalue weighted by Gasteiger charge is 2.17. The van der Waals surface area contributed by atoms with Crippen LogP contribution in [0, 0.1) is 0 Å². The Labute approximate surface area is 160 Å². The number of carbonyl (C=O) groups excluding carboxylic acids is 1. The van der Waals surface area contributed by atoms with Crippen LogP contribution in [-0.2, 0) is 16.0 Å². The number of ether oxygens (including phenoxy) is 1. The molecular formula is C23H24N2O2. The minimum Gasteiger partial charge on any atom is -0.359 e. The highest BCUT2D eigenvalue weighted by Crippen LogP contribution is 2.25. The topological polar surface area (TPSA) is 42.4 Å². The molecule has 0 fully saturated rings. The van der Waals surface area contributed by atoms with Gasteiger partial charge in [-0.25, -0.2) is 0 Å². The van der Waals surface area contributed by atoms with Gasteiger partial charge in [-0.05, 0) is 23.3 Å². The number of rotatable bonds is 8. The number of likely N-dealkylation sites (N-methyl/N-ethyl adjacent to an activating group) is 1. The van der Waals surface area contributed by atoms with Crippen molar-refractivity contribution in [3.8, 4) is 0 Å². The second kappa shape index (κ2) is 9.64. The summed E-state index contributed by atoms with van der Waals surface area (Å²) in [6.45, 7) is 0.647. The lowest BCUT2D eigenvalue weighted by Crippen LogP contribution is -2.32. The lowest BCUT2D eigenvalue weighted by molar-refractivity contribution is -0.136.